The van der Waals surface area contributed by atoms with Gasteiger partial charge in [0, 0.05) is 18.7 Å². The standard InChI is InChI=1S/C29H28ClF4N3O2/c30-22-11-12-25(35-17-22)28(16-18-5-2-1-3-6-18,37-27(38)36-24-14-19-9-10-20(24)13-19)21-7-4-8-23(15-21)39-29(33,34)26(31)32/h1-8,11-12,15,17,19-20,24,26H,9-10,13-14,16H2,(H2,36,37,38)/t19-,20+,24-,28+/m1/s1. The fourth-order valence-electron chi connectivity index (χ4n) is 5.90. The molecule has 5 nitrogen and oxygen atoms in total. The molecule has 0 saturated heterocycles. The summed E-state index contributed by atoms with van der Waals surface area (Å²) in [6, 6.07) is 17.5. The van der Waals surface area contributed by atoms with Gasteiger partial charge in [-0.1, -0.05) is 60.5 Å². The number of carbonyl (C=O) groups is 1. The molecule has 2 N–H and O–H groups in total. The van der Waals surface area contributed by atoms with Crippen molar-refractivity contribution in [2.75, 3.05) is 0 Å². The van der Waals surface area contributed by atoms with Crippen molar-refractivity contribution in [3.8, 4) is 5.75 Å². The van der Waals surface area contributed by atoms with Crippen molar-refractivity contribution in [2.45, 2.75) is 56.2 Å². The summed E-state index contributed by atoms with van der Waals surface area (Å²) in [6.07, 6.45) is -2.84. The zero-order chi connectivity index (χ0) is 27.6. The lowest BCUT2D eigenvalue weighted by Gasteiger charge is -2.36. The number of ether oxygens (including phenoxy) is 1. The highest BCUT2D eigenvalue weighted by Crippen LogP contribution is 2.44. The van der Waals surface area contributed by atoms with Gasteiger partial charge in [-0.2, -0.15) is 17.6 Å². The second-order valence-electron chi connectivity index (χ2n) is 10.3. The number of hydrogen-bond acceptors (Lipinski definition) is 3. The van der Waals surface area contributed by atoms with Crippen molar-refractivity contribution in [2.24, 2.45) is 11.8 Å². The summed E-state index contributed by atoms with van der Waals surface area (Å²) in [6.45, 7) is 0. The average molecular weight is 562 g/mol. The van der Waals surface area contributed by atoms with Crippen LogP contribution >= 0.6 is 11.6 Å². The molecule has 2 amide bonds. The highest BCUT2D eigenvalue weighted by molar-refractivity contribution is 6.30. The molecule has 2 aromatic carbocycles. The summed E-state index contributed by atoms with van der Waals surface area (Å²) >= 11 is 6.11. The molecule has 1 aromatic heterocycles. The van der Waals surface area contributed by atoms with Crippen LogP contribution in [0.15, 0.2) is 72.9 Å². The zero-order valence-corrected chi connectivity index (χ0v) is 21.7. The van der Waals surface area contributed by atoms with Gasteiger partial charge in [-0.15, -0.1) is 0 Å². The minimum Gasteiger partial charge on any atom is -0.428 e. The molecule has 2 fully saturated rings. The molecular weight excluding hydrogens is 534 g/mol. The first-order chi connectivity index (χ1) is 18.6. The Morgan fingerprint density at radius 2 is 1.85 bits per heavy atom. The second-order valence-corrected chi connectivity index (χ2v) is 10.7. The van der Waals surface area contributed by atoms with Crippen molar-refractivity contribution in [3.05, 3.63) is 94.8 Å². The summed E-state index contributed by atoms with van der Waals surface area (Å²) in [5.41, 5.74) is 0.148. The largest absolute Gasteiger partial charge is 0.461 e. The van der Waals surface area contributed by atoms with E-state index < -0.39 is 29.9 Å². The van der Waals surface area contributed by atoms with Gasteiger partial charge < -0.3 is 15.4 Å². The highest BCUT2D eigenvalue weighted by Gasteiger charge is 2.45. The molecule has 39 heavy (non-hydrogen) atoms. The number of aromatic nitrogens is 1. The van der Waals surface area contributed by atoms with Crippen LogP contribution in [0, 0.1) is 11.8 Å². The van der Waals surface area contributed by atoms with Crippen LogP contribution < -0.4 is 15.4 Å². The van der Waals surface area contributed by atoms with Gasteiger partial charge in [-0.05, 0) is 66.5 Å². The fraction of sp³-hybridized carbons (Fsp3) is 0.379. The van der Waals surface area contributed by atoms with Gasteiger partial charge in [-0.25, -0.2) is 4.79 Å². The highest BCUT2D eigenvalue weighted by atomic mass is 35.5. The summed E-state index contributed by atoms with van der Waals surface area (Å²) < 4.78 is 57.8. The van der Waals surface area contributed by atoms with E-state index in [1.807, 2.05) is 30.3 Å². The Labute approximate surface area is 228 Å². The van der Waals surface area contributed by atoms with Crippen molar-refractivity contribution < 1.29 is 27.1 Å². The number of halogens is 5. The second kappa shape index (κ2) is 11.0. The molecule has 2 aliphatic carbocycles. The average Bonchev–Trinajstić information content (AvgIpc) is 3.52. The van der Waals surface area contributed by atoms with Crippen LogP contribution in [-0.4, -0.2) is 29.6 Å². The Hall–Kier alpha value is -3.33. The lowest BCUT2D eigenvalue weighted by atomic mass is 9.80. The topological polar surface area (TPSA) is 63.2 Å². The van der Waals surface area contributed by atoms with Gasteiger partial charge in [0.2, 0.25) is 0 Å². The molecule has 5 rings (SSSR count). The number of benzene rings is 2. The number of pyridine rings is 1. The van der Waals surface area contributed by atoms with Gasteiger partial charge in [0.1, 0.15) is 11.3 Å². The van der Waals surface area contributed by atoms with Crippen molar-refractivity contribution in [1.82, 2.24) is 15.6 Å². The Balaban J connectivity index is 1.57. The Kier molecular flexibility index (Phi) is 7.71. The summed E-state index contributed by atoms with van der Waals surface area (Å²) in [4.78, 5) is 18.1. The number of urea groups is 1. The van der Waals surface area contributed by atoms with E-state index in [-0.39, 0.29) is 12.5 Å². The SMILES string of the molecule is O=C(N[C@@H]1C[C@@H]2CC[C@H]1C2)N[C@@](Cc1ccccc1)(c1cccc(OC(F)(F)C(F)F)c1)c1ccc(Cl)cn1. The molecule has 0 spiro atoms. The number of rotatable bonds is 9. The van der Waals surface area contributed by atoms with Crippen molar-refractivity contribution in [3.63, 3.8) is 0 Å². The van der Waals surface area contributed by atoms with Gasteiger partial charge in [-0.3, -0.25) is 4.98 Å². The van der Waals surface area contributed by atoms with Crippen LogP contribution in [0.4, 0.5) is 22.4 Å². The number of amides is 2. The first-order valence-electron chi connectivity index (χ1n) is 12.8. The van der Waals surface area contributed by atoms with Crippen LogP contribution in [0.25, 0.3) is 0 Å². The lowest BCUT2D eigenvalue weighted by molar-refractivity contribution is -0.253. The molecule has 0 aliphatic heterocycles. The molecule has 10 heteroatoms. The van der Waals surface area contributed by atoms with E-state index in [2.05, 4.69) is 20.4 Å². The molecule has 1 heterocycles. The third-order valence-electron chi connectivity index (χ3n) is 7.69. The van der Waals surface area contributed by atoms with E-state index in [1.165, 1.54) is 24.8 Å². The fourth-order valence-corrected chi connectivity index (χ4v) is 6.01. The monoisotopic (exact) mass is 561 g/mol. The molecule has 0 unspecified atom stereocenters. The normalized spacial score (nSPS) is 21.9. The quantitative estimate of drug-likeness (QED) is 0.278. The van der Waals surface area contributed by atoms with Crippen LogP contribution in [0.2, 0.25) is 5.02 Å². The van der Waals surface area contributed by atoms with E-state index >= 15 is 0 Å². The molecule has 0 radical (unpaired) electrons. The van der Waals surface area contributed by atoms with Crippen molar-refractivity contribution >= 4 is 17.6 Å². The molecule has 2 aliphatic rings. The number of fused-ring (bicyclic) bond motifs is 2. The third-order valence-corrected chi connectivity index (χ3v) is 7.92. The molecule has 2 saturated carbocycles. The Bertz CT molecular complexity index is 1300. The lowest BCUT2D eigenvalue weighted by Crippen LogP contribution is -2.55. The van der Waals surface area contributed by atoms with E-state index in [9.17, 15) is 22.4 Å². The molecule has 3 aromatic rings. The van der Waals surface area contributed by atoms with Gasteiger partial charge in [0.25, 0.3) is 0 Å². The smallest absolute Gasteiger partial charge is 0.428 e. The van der Waals surface area contributed by atoms with E-state index in [1.54, 1.807) is 18.2 Å². The predicted octanol–water partition coefficient (Wildman–Crippen LogP) is 6.95. The van der Waals surface area contributed by atoms with Gasteiger partial charge in [0.15, 0.2) is 0 Å². The maximum atomic E-state index is 13.8. The number of nitrogens with zero attached hydrogens (tertiary/aromatic N) is 1. The van der Waals surface area contributed by atoms with E-state index in [0.29, 0.717) is 28.1 Å². The maximum absolute atomic E-state index is 13.8. The number of carbonyl (C=O) groups excluding carboxylic acids is 1. The molecule has 2 bridgehead atoms. The minimum absolute atomic E-state index is 0.0377. The number of hydrogen-bond donors (Lipinski definition) is 2. The van der Waals surface area contributed by atoms with Crippen LogP contribution in [0.5, 0.6) is 5.75 Å². The van der Waals surface area contributed by atoms with Crippen LogP contribution in [0.3, 0.4) is 0 Å². The summed E-state index contributed by atoms with van der Waals surface area (Å²) in [5, 5.41) is 6.57. The van der Waals surface area contributed by atoms with Crippen LogP contribution in [0.1, 0.15) is 42.5 Å². The molecule has 206 valence electrons. The van der Waals surface area contributed by atoms with Crippen LogP contribution in [-0.2, 0) is 12.0 Å². The maximum Gasteiger partial charge on any atom is 0.461 e. The van der Waals surface area contributed by atoms with Crippen molar-refractivity contribution in [1.29, 1.82) is 0 Å². The zero-order valence-electron chi connectivity index (χ0n) is 20.9. The molecular formula is C29H28ClF4N3O2. The first kappa shape index (κ1) is 27.2. The Morgan fingerprint density at radius 3 is 2.49 bits per heavy atom. The summed E-state index contributed by atoms with van der Waals surface area (Å²) in [5.74, 6) is 0.559. The van der Waals surface area contributed by atoms with Gasteiger partial charge >= 0.3 is 18.6 Å². The van der Waals surface area contributed by atoms with E-state index in [0.717, 1.165) is 30.9 Å². The predicted molar refractivity (Wildman–Crippen MR) is 139 cm³/mol. The summed E-state index contributed by atoms with van der Waals surface area (Å²) in [7, 11) is 0. The number of nitrogens with one attached hydrogen (secondary N) is 2. The van der Waals surface area contributed by atoms with E-state index in [4.69, 9.17) is 11.6 Å². The first-order valence-corrected chi connectivity index (χ1v) is 13.2. The Morgan fingerprint density at radius 1 is 1.05 bits per heavy atom. The minimum atomic E-state index is -4.69. The number of alkyl halides is 4. The third kappa shape index (κ3) is 5.98. The molecule has 4 atom stereocenters. The van der Waals surface area contributed by atoms with Gasteiger partial charge in [0.05, 0.1) is 10.7 Å².